The van der Waals surface area contributed by atoms with Crippen molar-refractivity contribution in [3.63, 3.8) is 0 Å². The highest BCUT2D eigenvalue weighted by Crippen LogP contribution is 2.48. The molecule has 2 aliphatic heterocycles. The van der Waals surface area contributed by atoms with Crippen molar-refractivity contribution in [2.75, 3.05) is 9.96 Å². The van der Waals surface area contributed by atoms with Crippen molar-refractivity contribution >= 4 is 46.4 Å². The Morgan fingerprint density at radius 3 is 2.33 bits per heavy atom. The predicted octanol–water partition coefficient (Wildman–Crippen LogP) is 6.61. The highest BCUT2D eigenvalue weighted by atomic mass is 35.5. The Hall–Kier alpha value is -3.58. The van der Waals surface area contributed by atoms with Gasteiger partial charge in [-0.15, -0.1) is 0 Å². The lowest BCUT2D eigenvalue weighted by Gasteiger charge is -2.27. The molecule has 8 heteroatoms. The summed E-state index contributed by atoms with van der Waals surface area (Å²) in [6.07, 6.45) is -0.976. The van der Waals surface area contributed by atoms with Crippen molar-refractivity contribution in [2.24, 2.45) is 5.92 Å². The third kappa shape index (κ3) is 3.69. The van der Waals surface area contributed by atoms with Crippen LogP contribution in [0.5, 0.6) is 0 Å². The summed E-state index contributed by atoms with van der Waals surface area (Å²) in [5, 5.41) is 2.57. The van der Waals surface area contributed by atoms with E-state index in [0.717, 1.165) is 5.56 Å². The van der Waals surface area contributed by atoms with Gasteiger partial charge in [-0.05, 0) is 67.1 Å². The fourth-order valence-electron chi connectivity index (χ4n) is 4.87. The molecule has 6 rings (SSSR count). The Bertz CT molecular complexity index is 1490. The lowest BCUT2D eigenvalue weighted by Crippen LogP contribution is -2.37. The summed E-state index contributed by atoms with van der Waals surface area (Å²) < 4.78 is 6.25. The van der Waals surface area contributed by atoms with E-state index in [9.17, 15) is 9.59 Å². The number of amides is 2. The molecule has 0 spiro atoms. The second kappa shape index (κ2) is 8.82. The Morgan fingerprint density at radius 2 is 1.58 bits per heavy atom. The quantitative estimate of drug-likeness (QED) is 0.284. The Labute approximate surface area is 217 Å². The van der Waals surface area contributed by atoms with E-state index in [2.05, 4.69) is 0 Å². The highest BCUT2D eigenvalue weighted by Gasteiger charge is 2.61. The minimum Gasteiger partial charge on any atom is -0.459 e. The molecule has 3 atom stereocenters. The van der Waals surface area contributed by atoms with Crippen molar-refractivity contribution in [3.05, 3.63) is 106 Å². The van der Waals surface area contributed by atoms with Crippen molar-refractivity contribution in [2.45, 2.75) is 19.1 Å². The molecule has 6 nitrogen and oxygen atoms in total. The maximum absolute atomic E-state index is 13.8. The van der Waals surface area contributed by atoms with Crippen molar-refractivity contribution in [3.8, 4) is 11.3 Å². The van der Waals surface area contributed by atoms with Crippen LogP contribution < -0.4 is 9.96 Å². The summed E-state index contributed by atoms with van der Waals surface area (Å²) in [7, 11) is 0. The number of imide groups is 1. The standard InChI is InChI=1S/C28H20Cl2N2O4/c1-16-6-5-9-19(14-16)31-27(33)24-25(32(36-26(24)28(31)34)18-7-3-2-4-8-18)23-13-12-22(35-23)20-11-10-17(29)15-21(20)30/h2-15,24-26H,1H3/t24-,25-,26+/m0/s1. The summed E-state index contributed by atoms with van der Waals surface area (Å²) in [4.78, 5) is 34.6. The number of para-hydroxylation sites is 1. The van der Waals surface area contributed by atoms with E-state index in [0.29, 0.717) is 38.5 Å². The molecule has 180 valence electrons. The van der Waals surface area contributed by atoms with E-state index in [4.69, 9.17) is 32.5 Å². The van der Waals surface area contributed by atoms with Gasteiger partial charge in [0.25, 0.3) is 5.91 Å². The molecule has 2 saturated heterocycles. The van der Waals surface area contributed by atoms with Crippen LogP contribution in [0.3, 0.4) is 0 Å². The van der Waals surface area contributed by atoms with Gasteiger partial charge in [-0.25, -0.2) is 9.96 Å². The molecule has 2 amide bonds. The van der Waals surface area contributed by atoms with E-state index < -0.39 is 24.0 Å². The number of furan rings is 1. The average Bonchev–Trinajstić information content (AvgIpc) is 3.55. The van der Waals surface area contributed by atoms with Crippen LogP contribution in [0.4, 0.5) is 11.4 Å². The summed E-state index contributed by atoms with van der Waals surface area (Å²) in [5.41, 5.74) is 2.86. The molecule has 0 radical (unpaired) electrons. The number of aryl methyl sites for hydroxylation is 1. The fourth-order valence-corrected chi connectivity index (χ4v) is 5.37. The number of halogens is 2. The molecule has 0 N–H and O–H groups in total. The summed E-state index contributed by atoms with van der Waals surface area (Å²) >= 11 is 12.5. The second-order valence-corrected chi connectivity index (χ2v) is 9.68. The van der Waals surface area contributed by atoms with E-state index in [-0.39, 0.29) is 5.91 Å². The van der Waals surface area contributed by atoms with Crippen molar-refractivity contribution in [1.29, 1.82) is 0 Å². The number of fused-ring (bicyclic) bond motifs is 1. The molecule has 0 aliphatic carbocycles. The van der Waals surface area contributed by atoms with Gasteiger partial charge in [0.05, 0.1) is 16.4 Å². The lowest BCUT2D eigenvalue weighted by molar-refractivity contribution is -0.126. The van der Waals surface area contributed by atoms with Crippen LogP contribution in [-0.2, 0) is 14.4 Å². The van der Waals surface area contributed by atoms with Gasteiger partial charge in [-0.3, -0.25) is 14.4 Å². The number of carbonyl (C=O) groups is 2. The molecular weight excluding hydrogens is 499 g/mol. The third-order valence-corrected chi connectivity index (χ3v) is 7.05. The number of anilines is 2. The molecule has 3 aromatic carbocycles. The maximum Gasteiger partial charge on any atom is 0.266 e. The third-order valence-electron chi connectivity index (χ3n) is 6.50. The number of hydroxylamine groups is 1. The van der Waals surface area contributed by atoms with Gasteiger partial charge in [0.1, 0.15) is 23.5 Å². The van der Waals surface area contributed by atoms with Crippen LogP contribution in [0.25, 0.3) is 11.3 Å². The maximum atomic E-state index is 13.8. The Morgan fingerprint density at radius 1 is 0.806 bits per heavy atom. The van der Waals surface area contributed by atoms with Crippen LogP contribution in [0.2, 0.25) is 10.0 Å². The molecule has 3 heterocycles. The van der Waals surface area contributed by atoms with Gasteiger partial charge in [0, 0.05) is 10.6 Å². The minimum absolute atomic E-state index is 0.332. The lowest BCUT2D eigenvalue weighted by atomic mass is 9.94. The molecule has 2 fully saturated rings. The number of hydrogen-bond acceptors (Lipinski definition) is 5. The largest absolute Gasteiger partial charge is 0.459 e. The zero-order valence-electron chi connectivity index (χ0n) is 19.1. The van der Waals surface area contributed by atoms with Crippen LogP contribution in [0, 0.1) is 12.8 Å². The normalized spacial score (nSPS) is 21.4. The predicted molar refractivity (Wildman–Crippen MR) is 138 cm³/mol. The molecular formula is C28H20Cl2N2O4. The monoisotopic (exact) mass is 518 g/mol. The van der Waals surface area contributed by atoms with Crippen LogP contribution in [-0.4, -0.2) is 17.9 Å². The first kappa shape index (κ1) is 22.9. The van der Waals surface area contributed by atoms with Gasteiger partial charge in [-0.1, -0.05) is 53.5 Å². The number of rotatable bonds is 4. The van der Waals surface area contributed by atoms with E-state index >= 15 is 0 Å². The molecule has 0 unspecified atom stereocenters. The Balaban J connectivity index is 1.43. The summed E-state index contributed by atoms with van der Waals surface area (Å²) in [5.74, 6) is -0.513. The molecule has 0 saturated carbocycles. The highest BCUT2D eigenvalue weighted by molar-refractivity contribution is 6.36. The first-order valence-electron chi connectivity index (χ1n) is 11.4. The topological polar surface area (TPSA) is 63.0 Å². The van der Waals surface area contributed by atoms with Crippen molar-refractivity contribution in [1.82, 2.24) is 0 Å². The zero-order chi connectivity index (χ0) is 25.0. The molecule has 36 heavy (non-hydrogen) atoms. The fraction of sp³-hybridized carbons (Fsp3) is 0.143. The SMILES string of the molecule is Cc1cccc(N2C(=O)[C@@H]3[C@@H](ON(c4ccccc4)[C@H]3c3ccc(-c4ccc(Cl)cc4Cl)o3)C2=O)c1. The number of hydrogen-bond donors (Lipinski definition) is 0. The first-order valence-corrected chi connectivity index (χ1v) is 12.2. The molecule has 4 aromatic rings. The van der Waals surface area contributed by atoms with Gasteiger partial charge in [0.15, 0.2) is 6.10 Å². The van der Waals surface area contributed by atoms with Crippen LogP contribution in [0.15, 0.2) is 89.3 Å². The smallest absolute Gasteiger partial charge is 0.266 e. The number of benzene rings is 3. The molecule has 2 aliphatic rings. The van der Waals surface area contributed by atoms with Crippen molar-refractivity contribution < 1.29 is 18.8 Å². The number of nitrogens with zero attached hydrogens (tertiary/aromatic N) is 2. The Kier molecular flexibility index (Phi) is 5.60. The molecule has 1 aromatic heterocycles. The summed E-state index contributed by atoms with van der Waals surface area (Å²) in [6, 6.07) is 24.7. The summed E-state index contributed by atoms with van der Waals surface area (Å²) in [6.45, 7) is 1.91. The minimum atomic E-state index is -0.976. The van der Waals surface area contributed by atoms with Gasteiger partial charge in [0.2, 0.25) is 5.91 Å². The number of carbonyl (C=O) groups excluding carboxylic acids is 2. The van der Waals surface area contributed by atoms with E-state index in [1.807, 2.05) is 55.5 Å². The average molecular weight is 519 g/mol. The van der Waals surface area contributed by atoms with Crippen LogP contribution >= 0.6 is 23.2 Å². The molecule has 0 bridgehead atoms. The first-order chi connectivity index (χ1) is 17.4. The van der Waals surface area contributed by atoms with E-state index in [1.54, 1.807) is 41.5 Å². The van der Waals surface area contributed by atoms with Crippen LogP contribution in [0.1, 0.15) is 17.4 Å². The van der Waals surface area contributed by atoms with E-state index in [1.165, 1.54) is 4.90 Å². The zero-order valence-corrected chi connectivity index (χ0v) is 20.6. The van der Waals surface area contributed by atoms with Gasteiger partial charge in [-0.2, -0.15) is 0 Å². The van der Waals surface area contributed by atoms with Gasteiger partial charge >= 0.3 is 0 Å². The second-order valence-electron chi connectivity index (χ2n) is 8.84. The van der Waals surface area contributed by atoms with Gasteiger partial charge < -0.3 is 4.42 Å².